The van der Waals surface area contributed by atoms with Gasteiger partial charge in [-0.05, 0) is 25.5 Å². The fourth-order valence-electron chi connectivity index (χ4n) is 0.789. The van der Waals surface area contributed by atoms with Crippen LogP contribution in [0.4, 0.5) is 0 Å². The number of allylic oxidation sites excluding steroid dienone is 5. The highest BCUT2D eigenvalue weighted by atomic mass is 14.7. The van der Waals surface area contributed by atoms with E-state index in [9.17, 15) is 0 Å². The molecule has 0 aromatic carbocycles. The van der Waals surface area contributed by atoms with Crippen LogP contribution in [0.25, 0.3) is 0 Å². The van der Waals surface area contributed by atoms with Crippen molar-refractivity contribution in [3.05, 3.63) is 48.7 Å². The first-order valence-corrected chi connectivity index (χ1v) is 3.87. The van der Waals surface area contributed by atoms with Crippen LogP contribution in [-0.2, 0) is 0 Å². The van der Waals surface area contributed by atoms with Crippen LogP contribution >= 0.6 is 0 Å². The molecule has 0 N–H and O–H groups in total. The molecule has 1 nitrogen and oxygen atoms in total. The summed E-state index contributed by atoms with van der Waals surface area (Å²) in [6, 6.07) is 0. The maximum atomic E-state index is 4.18. The molecule has 0 aliphatic carbocycles. The highest BCUT2D eigenvalue weighted by molar-refractivity contribution is 5.57. The van der Waals surface area contributed by atoms with Gasteiger partial charge in [0.25, 0.3) is 0 Å². The molecule has 1 heteroatoms. The lowest BCUT2D eigenvalue weighted by molar-refractivity contribution is 1.29. The Kier molecular flexibility index (Phi) is 5.62. The van der Waals surface area contributed by atoms with Crippen LogP contribution in [0.2, 0.25) is 0 Å². The zero-order valence-corrected chi connectivity index (χ0v) is 7.75. The van der Waals surface area contributed by atoms with E-state index in [1.54, 1.807) is 18.4 Å². The van der Waals surface area contributed by atoms with E-state index in [2.05, 4.69) is 18.2 Å². The topological polar surface area (TPSA) is 12.4 Å². The summed E-state index contributed by atoms with van der Waals surface area (Å²) >= 11 is 0. The van der Waals surface area contributed by atoms with Crippen LogP contribution in [0.5, 0.6) is 0 Å². The molecule has 0 aliphatic heterocycles. The molecule has 0 unspecified atom stereocenters. The summed E-state index contributed by atoms with van der Waals surface area (Å²) in [4.78, 5) is 4.18. The zero-order chi connectivity index (χ0) is 9.40. The van der Waals surface area contributed by atoms with Gasteiger partial charge in [0, 0.05) is 6.21 Å². The molecule has 0 aromatic heterocycles. The molecule has 0 radical (unpaired) electrons. The first kappa shape index (κ1) is 10.6. The lowest BCUT2D eigenvalue weighted by Crippen LogP contribution is -1.80. The number of hydrogen-bond acceptors (Lipinski definition) is 1. The third kappa shape index (κ3) is 3.71. The Morgan fingerprint density at radius 1 is 1.17 bits per heavy atom. The van der Waals surface area contributed by atoms with Gasteiger partial charge in [-0.2, -0.15) is 0 Å². The Hall–Kier alpha value is -1.37. The maximum Gasteiger partial charge on any atom is 0.0654 e. The molecule has 0 aromatic rings. The third-order valence-corrected chi connectivity index (χ3v) is 1.32. The van der Waals surface area contributed by atoms with Crippen molar-refractivity contribution in [3.8, 4) is 0 Å². The molecular weight excluding hydrogens is 146 g/mol. The molecule has 0 heterocycles. The maximum absolute atomic E-state index is 4.18. The molecule has 12 heavy (non-hydrogen) atoms. The van der Waals surface area contributed by atoms with Gasteiger partial charge in [0.15, 0.2) is 0 Å². The fraction of sp³-hybridized carbons (Fsp3) is 0.182. The van der Waals surface area contributed by atoms with Gasteiger partial charge in [-0.1, -0.05) is 31.4 Å². The Morgan fingerprint density at radius 2 is 1.75 bits per heavy atom. The zero-order valence-electron chi connectivity index (χ0n) is 7.75. The summed E-state index contributed by atoms with van der Waals surface area (Å²) < 4.78 is 0. The lowest BCUT2D eigenvalue weighted by atomic mass is 10.2. The minimum atomic E-state index is 0.924. The number of rotatable bonds is 4. The molecule has 0 saturated heterocycles. The number of aliphatic imine (C=N–C) groups is 1. The SMILES string of the molecule is C=C/C=C(C)\C(=C/C=C)N=CC. The lowest BCUT2D eigenvalue weighted by Gasteiger charge is -1.98. The monoisotopic (exact) mass is 161 g/mol. The van der Waals surface area contributed by atoms with Crippen LogP contribution < -0.4 is 0 Å². The largest absolute Gasteiger partial charge is 0.261 e. The van der Waals surface area contributed by atoms with Crippen LogP contribution in [0, 0.1) is 0 Å². The van der Waals surface area contributed by atoms with Crippen molar-refractivity contribution in [1.82, 2.24) is 0 Å². The molecule has 64 valence electrons. The van der Waals surface area contributed by atoms with Crippen molar-refractivity contribution >= 4 is 6.21 Å². The van der Waals surface area contributed by atoms with Gasteiger partial charge in [-0.3, -0.25) is 4.99 Å². The average Bonchev–Trinajstić information content (AvgIpc) is 2.04. The molecule has 0 saturated carbocycles. The summed E-state index contributed by atoms with van der Waals surface area (Å²) in [7, 11) is 0. The van der Waals surface area contributed by atoms with E-state index in [1.807, 2.05) is 26.0 Å². The molecule has 0 spiro atoms. The van der Waals surface area contributed by atoms with E-state index in [0.29, 0.717) is 0 Å². The normalized spacial score (nSPS) is 13.5. The van der Waals surface area contributed by atoms with Gasteiger partial charge in [-0.15, -0.1) is 0 Å². The van der Waals surface area contributed by atoms with Crippen molar-refractivity contribution in [1.29, 1.82) is 0 Å². The van der Waals surface area contributed by atoms with Gasteiger partial charge >= 0.3 is 0 Å². The Morgan fingerprint density at radius 3 is 2.17 bits per heavy atom. The van der Waals surface area contributed by atoms with Gasteiger partial charge in [0.2, 0.25) is 0 Å². The van der Waals surface area contributed by atoms with Crippen molar-refractivity contribution < 1.29 is 0 Å². The summed E-state index contributed by atoms with van der Waals surface area (Å²) in [5.41, 5.74) is 2.01. The van der Waals surface area contributed by atoms with Gasteiger partial charge in [-0.25, -0.2) is 0 Å². The van der Waals surface area contributed by atoms with E-state index in [0.717, 1.165) is 11.3 Å². The van der Waals surface area contributed by atoms with Crippen molar-refractivity contribution in [2.75, 3.05) is 0 Å². The highest BCUT2D eigenvalue weighted by Gasteiger charge is 1.92. The molecule has 0 bridgehead atoms. The van der Waals surface area contributed by atoms with Crippen LogP contribution in [-0.4, -0.2) is 6.21 Å². The standard InChI is InChI=1S/C11H15N/c1-5-8-10(4)11(9-6-2)12-7-3/h5-9H,1-2H2,3-4H3/b10-8-,11-9+,12-7?. The quantitative estimate of drug-likeness (QED) is 0.443. The van der Waals surface area contributed by atoms with Crippen LogP contribution in [0.3, 0.4) is 0 Å². The summed E-state index contributed by atoms with van der Waals surface area (Å²) in [5.74, 6) is 0. The van der Waals surface area contributed by atoms with E-state index >= 15 is 0 Å². The van der Waals surface area contributed by atoms with Gasteiger partial charge in [0.1, 0.15) is 0 Å². The molecule has 0 amide bonds. The van der Waals surface area contributed by atoms with E-state index in [-0.39, 0.29) is 0 Å². The van der Waals surface area contributed by atoms with E-state index in [4.69, 9.17) is 0 Å². The third-order valence-electron chi connectivity index (χ3n) is 1.32. The molecular formula is C11H15N. The Labute approximate surface area is 74.5 Å². The number of hydrogen-bond donors (Lipinski definition) is 0. The first-order valence-electron chi connectivity index (χ1n) is 3.87. The van der Waals surface area contributed by atoms with Crippen molar-refractivity contribution in [2.24, 2.45) is 4.99 Å². The summed E-state index contributed by atoms with van der Waals surface area (Å²) in [5, 5.41) is 0. The second-order valence-corrected chi connectivity index (χ2v) is 2.26. The first-order chi connectivity index (χ1) is 5.76. The molecule has 0 aliphatic rings. The minimum absolute atomic E-state index is 0.924. The molecule has 0 atom stereocenters. The fourth-order valence-corrected chi connectivity index (χ4v) is 0.789. The van der Waals surface area contributed by atoms with Crippen LogP contribution in [0.15, 0.2) is 53.7 Å². The van der Waals surface area contributed by atoms with E-state index in [1.165, 1.54) is 0 Å². The second kappa shape index (κ2) is 6.35. The molecule has 0 rings (SSSR count). The van der Waals surface area contributed by atoms with Crippen molar-refractivity contribution in [3.63, 3.8) is 0 Å². The predicted molar refractivity (Wildman–Crippen MR) is 56.4 cm³/mol. The smallest absolute Gasteiger partial charge is 0.0654 e. The van der Waals surface area contributed by atoms with Gasteiger partial charge in [0.05, 0.1) is 5.70 Å². The minimum Gasteiger partial charge on any atom is -0.261 e. The van der Waals surface area contributed by atoms with Crippen LogP contribution in [0.1, 0.15) is 13.8 Å². The summed E-state index contributed by atoms with van der Waals surface area (Å²) in [6.07, 6.45) is 9.02. The molecule has 0 fully saturated rings. The van der Waals surface area contributed by atoms with Crippen molar-refractivity contribution in [2.45, 2.75) is 13.8 Å². The predicted octanol–water partition coefficient (Wildman–Crippen LogP) is 3.28. The number of nitrogens with zero attached hydrogens (tertiary/aromatic N) is 1. The average molecular weight is 161 g/mol. The van der Waals surface area contributed by atoms with Gasteiger partial charge < -0.3 is 0 Å². The van der Waals surface area contributed by atoms with E-state index < -0.39 is 0 Å². The highest BCUT2D eigenvalue weighted by Crippen LogP contribution is 2.10. The second-order valence-electron chi connectivity index (χ2n) is 2.26. The Balaban J connectivity index is 4.73. The summed E-state index contributed by atoms with van der Waals surface area (Å²) in [6.45, 7) is 11.1. The Bertz CT molecular complexity index is 242.